The van der Waals surface area contributed by atoms with Crippen molar-refractivity contribution in [2.24, 2.45) is 0 Å². The summed E-state index contributed by atoms with van der Waals surface area (Å²) >= 11 is 5.50. The van der Waals surface area contributed by atoms with E-state index >= 15 is 0 Å². The van der Waals surface area contributed by atoms with E-state index in [9.17, 15) is 4.79 Å². The molecule has 14 heavy (non-hydrogen) atoms. The Balaban J connectivity index is 2.45. The maximum absolute atomic E-state index is 11.1. The Hall–Kier alpha value is -0.340. The second kappa shape index (κ2) is 6.20. The molecule has 0 amide bonds. The fourth-order valence-electron chi connectivity index (χ4n) is 2.04. The Morgan fingerprint density at radius 2 is 2.36 bits per heavy atom. The van der Waals surface area contributed by atoms with Crippen molar-refractivity contribution in [1.82, 2.24) is 4.90 Å². The van der Waals surface area contributed by atoms with Gasteiger partial charge in [0.1, 0.15) is 5.78 Å². The molecule has 1 aliphatic rings. The van der Waals surface area contributed by atoms with Gasteiger partial charge in [0, 0.05) is 24.5 Å². The highest BCUT2D eigenvalue weighted by Crippen LogP contribution is 2.19. The maximum atomic E-state index is 11.1. The lowest BCUT2D eigenvalue weighted by Gasteiger charge is -2.34. The number of hydrogen-bond acceptors (Lipinski definition) is 2. The predicted octanol–water partition coefficient (Wildman–Crippen LogP) is 2.57. The maximum Gasteiger partial charge on any atom is 0.131 e. The van der Waals surface area contributed by atoms with E-state index in [0.29, 0.717) is 12.5 Å². The van der Waals surface area contributed by atoms with Crippen molar-refractivity contribution in [3.8, 4) is 0 Å². The molecule has 0 aliphatic carbocycles. The molecule has 1 saturated heterocycles. The van der Waals surface area contributed by atoms with E-state index in [1.54, 1.807) is 12.5 Å². The van der Waals surface area contributed by atoms with Crippen LogP contribution in [0.25, 0.3) is 0 Å². The van der Waals surface area contributed by atoms with Crippen molar-refractivity contribution >= 4 is 17.4 Å². The molecule has 0 N–H and O–H groups in total. The monoisotopic (exact) mass is 215 g/mol. The largest absolute Gasteiger partial charge is 0.300 e. The van der Waals surface area contributed by atoms with Crippen LogP contribution in [0.5, 0.6) is 0 Å². The Kier molecular flexibility index (Phi) is 5.20. The fourth-order valence-corrected chi connectivity index (χ4v) is 2.12. The smallest absolute Gasteiger partial charge is 0.131 e. The van der Waals surface area contributed by atoms with Crippen LogP contribution in [-0.2, 0) is 4.79 Å². The van der Waals surface area contributed by atoms with Crippen LogP contribution in [0.3, 0.4) is 0 Å². The van der Waals surface area contributed by atoms with Gasteiger partial charge >= 0.3 is 0 Å². The van der Waals surface area contributed by atoms with E-state index in [2.05, 4.69) is 4.90 Å². The van der Waals surface area contributed by atoms with Crippen molar-refractivity contribution in [1.29, 1.82) is 0 Å². The number of Topliss-reactive ketones (excluding diaryl/α,β-unsaturated/α-hetero) is 1. The summed E-state index contributed by atoms with van der Waals surface area (Å²) < 4.78 is 0. The van der Waals surface area contributed by atoms with Gasteiger partial charge in [0.05, 0.1) is 0 Å². The highest BCUT2D eigenvalue weighted by molar-refractivity contribution is 6.25. The van der Waals surface area contributed by atoms with E-state index in [1.807, 2.05) is 6.08 Å². The Bertz CT molecular complexity index is 215. The Morgan fingerprint density at radius 1 is 1.57 bits per heavy atom. The van der Waals surface area contributed by atoms with Gasteiger partial charge in [-0.2, -0.15) is 0 Å². The molecule has 1 heterocycles. The lowest BCUT2D eigenvalue weighted by molar-refractivity contribution is -0.118. The first-order valence-electron chi connectivity index (χ1n) is 5.22. The van der Waals surface area contributed by atoms with Gasteiger partial charge in [0.2, 0.25) is 0 Å². The average Bonchev–Trinajstić information content (AvgIpc) is 2.16. The molecule has 0 aromatic rings. The van der Waals surface area contributed by atoms with Gasteiger partial charge < -0.3 is 0 Å². The zero-order valence-electron chi connectivity index (χ0n) is 8.71. The predicted molar refractivity (Wildman–Crippen MR) is 59.5 cm³/mol. The number of nitrogens with zero attached hydrogens (tertiary/aromatic N) is 1. The molecule has 2 nitrogen and oxygen atoms in total. The number of halogens is 1. The van der Waals surface area contributed by atoms with E-state index < -0.39 is 0 Å². The number of likely N-dealkylation sites (tertiary alicyclic amines) is 1. The highest BCUT2D eigenvalue weighted by Gasteiger charge is 2.22. The van der Waals surface area contributed by atoms with Crippen LogP contribution in [0, 0.1) is 0 Å². The quantitative estimate of drug-likeness (QED) is 0.719. The molecule has 0 radical (unpaired) electrons. The summed E-state index contributed by atoms with van der Waals surface area (Å²) in [5.41, 5.74) is 1.55. The summed E-state index contributed by atoms with van der Waals surface area (Å²) in [5.74, 6) is 0.289. The number of hydrogen-bond donors (Lipinski definition) is 0. The molecule has 80 valence electrons. The number of piperidine rings is 1. The second-order valence-corrected chi connectivity index (χ2v) is 4.16. The van der Waals surface area contributed by atoms with E-state index in [1.165, 1.54) is 12.8 Å². The molecule has 0 spiro atoms. The molecule has 0 bridgehead atoms. The van der Waals surface area contributed by atoms with E-state index in [0.717, 1.165) is 19.5 Å². The minimum Gasteiger partial charge on any atom is -0.300 e. The zero-order chi connectivity index (χ0) is 10.4. The normalized spacial score (nSPS) is 24.3. The van der Waals surface area contributed by atoms with Crippen molar-refractivity contribution < 1.29 is 4.79 Å². The van der Waals surface area contributed by atoms with Gasteiger partial charge in [-0.15, -0.1) is 0 Å². The summed E-state index contributed by atoms with van der Waals surface area (Å²) in [7, 11) is 0. The van der Waals surface area contributed by atoms with Crippen LogP contribution >= 0.6 is 11.6 Å². The topological polar surface area (TPSA) is 20.3 Å². The first-order valence-corrected chi connectivity index (χ1v) is 5.66. The van der Waals surface area contributed by atoms with E-state index in [-0.39, 0.29) is 5.78 Å². The molecule has 1 aliphatic heterocycles. The molecular formula is C11H18ClNO. The van der Waals surface area contributed by atoms with Crippen molar-refractivity contribution in [2.75, 3.05) is 13.1 Å². The molecule has 0 aromatic heterocycles. The number of carbonyl (C=O) groups excluding carboxylic acids is 1. The first kappa shape index (κ1) is 11.7. The van der Waals surface area contributed by atoms with Gasteiger partial charge in [-0.3, -0.25) is 9.69 Å². The lowest BCUT2D eigenvalue weighted by atomic mass is 9.98. The summed E-state index contributed by atoms with van der Waals surface area (Å²) in [6.07, 6.45) is 6.27. The third-order valence-electron chi connectivity index (χ3n) is 2.70. The van der Waals surface area contributed by atoms with Gasteiger partial charge in [-0.25, -0.2) is 0 Å². The molecule has 1 rings (SSSR count). The summed E-state index contributed by atoms with van der Waals surface area (Å²) in [5, 5.41) is 0. The lowest BCUT2D eigenvalue weighted by Crippen LogP contribution is -2.40. The standard InChI is InChI=1S/C11H18ClNO/c1-10(14)9-11-5-2-3-7-13(11)8-4-6-12/h4,6,11H,2-3,5,7-9H2,1H3. The molecule has 3 heteroatoms. The average molecular weight is 216 g/mol. The first-order chi connectivity index (χ1) is 6.74. The number of carbonyl (C=O) groups is 1. The zero-order valence-corrected chi connectivity index (χ0v) is 9.46. The van der Waals surface area contributed by atoms with Crippen molar-refractivity contribution in [2.45, 2.75) is 38.6 Å². The second-order valence-electron chi connectivity index (χ2n) is 3.91. The molecule has 1 fully saturated rings. The van der Waals surface area contributed by atoms with Crippen LogP contribution in [-0.4, -0.2) is 29.8 Å². The van der Waals surface area contributed by atoms with Crippen molar-refractivity contribution in [3.05, 3.63) is 11.6 Å². The third kappa shape index (κ3) is 3.81. The Morgan fingerprint density at radius 3 is 3.00 bits per heavy atom. The van der Waals surface area contributed by atoms with Crippen molar-refractivity contribution in [3.63, 3.8) is 0 Å². The molecule has 1 atom stereocenters. The fraction of sp³-hybridized carbons (Fsp3) is 0.727. The summed E-state index contributed by atoms with van der Waals surface area (Å²) in [6, 6.07) is 0.439. The molecular weight excluding hydrogens is 198 g/mol. The van der Waals surface area contributed by atoms with Gasteiger partial charge in [0.15, 0.2) is 0 Å². The van der Waals surface area contributed by atoms with Gasteiger partial charge in [0.25, 0.3) is 0 Å². The van der Waals surface area contributed by atoms with Crippen LogP contribution in [0.4, 0.5) is 0 Å². The molecule has 0 aromatic carbocycles. The number of ketones is 1. The van der Waals surface area contributed by atoms with Gasteiger partial charge in [-0.05, 0) is 26.3 Å². The van der Waals surface area contributed by atoms with Gasteiger partial charge in [-0.1, -0.05) is 24.1 Å². The highest BCUT2D eigenvalue weighted by atomic mass is 35.5. The van der Waals surface area contributed by atoms with Crippen LogP contribution in [0.15, 0.2) is 11.6 Å². The summed E-state index contributed by atoms with van der Waals surface area (Å²) in [4.78, 5) is 13.4. The number of rotatable bonds is 4. The third-order valence-corrected chi connectivity index (χ3v) is 2.88. The van der Waals surface area contributed by atoms with Crippen LogP contribution in [0.1, 0.15) is 32.6 Å². The summed E-state index contributed by atoms with van der Waals surface area (Å²) in [6.45, 7) is 3.64. The minimum absolute atomic E-state index is 0.289. The van der Waals surface area contributed by atoms with Crippen LogP contribution in [0.2, 0.25) is 0 Å². The molecule has 1 unspecified atom stereocenters. The van der Waals surface area contributed by atoms with E-state index in [4.69, 9.17) is 11.6 Å². The SMILES string of the molecule is CC(=O)CC1CCCCN1CC=CCl. The Labute approximate surface area is 90.9 Å². The minimum atomic E-state index is 0.289. The van der Waals surface area contributed by atoms with Crippen LogP contribution < -0.4 is 0 Å². The molecule has 0 saturated carbocycles.